The molecule has 8 heteroatoms. The third-order valence-corrected chi connectivity index (χ3v) is 6.22. The van der Waals surface area contributed by atoms with Crippen LogP contribution in [0.4, 0.5) is 0 Å². The summed E-state index contributed by atoms with van der Waals surface area (Å²) in [5.41, 5.74) is 2.21. The summed E-state index contributed by atoms with van der Waals surface area (Å²) in [5, 5.41) is 15.0. The monoisotopic (exact) mass is 415 g/mol. The van der Waals surface area contributed by atoms with Crippen LogP contribution in [0.1, 0.15) is 49.5 Å². The van der Waals surface area contributed by atoms with E-state index in [4.69, 9.17) is 4.98 Å². The highest BCUT2D eigenvalue weighted by Gasteiger charge is 2.43. The molecule has 31 heavy (non-hydrogen) atoms. The molecule has 5 rings (SSSR count). The van der Waals surface area contributed by atoms with Crippen LogP contribution in [-0.4, -0.2) is 36.1 Å². The van der Waals surface area contributed by atoms with Crippen LogP contribution in [0.15, 0.2) is 60.9 Å². The molecule has 0 radical (unpaired) electrons. The summed E-state index contributed by atoms with van der Waals surface area (Å²) in [7, 11) is 0. The lowest BCUT2D eigenvalue weighted by molar-refractivity contribution is -0.133. The topological polar surface area (TPSA) is 101 Å². The van der Waals surface area contributed by atoms with Crippen molar-refractivity contribution < 1.29 is 4.79 Å². The summed E-state index contributed by atoms with van der Waals surface area (Å²) in [6.07, 6.45) is 6.71. The fourth-order valence-corrected chi connectivity index (χ4v) is 4.55. The molecule has 1 saturated carbocycles. The normalized spacial score (nSPS) is 16.8. The highest BCUT2D eigenvalue weighted by atomic mass is 16.2. The Morgan fingerprint density at radius 2 is 1.84 bits per heavy atom. The van der Waals surface area contributed by atoms with Crippen molar-refractivity contribution in [3.05, 3.63) is 72.3 Å². The standard InChI is InChI=1S/C23H25N7O/c31-22(23(13-7-2-8-14-23)30-16-24-28-29-30)27-20(15-17-9-3-1-4-10-17)21-25-18-11-5-6-12-19(18)26-21/h1,3-6,9-12,16,20H,2,7-8,13-15H2,(H,25,26)(H,27,31)/t20-/m1/s1. The van der Waals surface area contributed by atoms with Gasteiger partial charge in [0.25, 0.3) is 0 Å². The van der Waals surface area contributed by atoms with Crippen molar-refractivity contribution in [1.29, 1.82) is 0 Å². The van der Waals surface area contributed by atoms with Crippen LogP contribution in [0.3, 0.4) is 0 Å². The minimum atomic E-state index is -0.761. The molecule has 4 aromatic rings. The molecule has 1 aliphatic rings. The molecular weight excluding hydrogens is 390 g/mol. The molecule has 1 amide bonds. The van der Waals surface area contributed by atoms with E-state index >= 15 is 0 Å². The van der Waals surface area contributed by atoms with Crippen molar-refractivity contribution >= 4 is 16.9 Å². The number of carbonyl (C=O) groups is 1. The maximum absolute atomic E-state index is 13.7. The quantitative estimate of drug-likeness (QED) is 0.503. The average Bonchev–Trinajstić information content (AvgIpc) is 3.50. The van der Waals surface area contributed by atoms with Crippen LogP contribution >= 0.6 is 0 Å². The number of nitrogens with one attached hydrogen (secondary N) is 2. The highest BCUT2D eigenvalue weighted by molar-refractivity contribution is 5.85. The molecule has 2 heterocycles. The van der Waals surface area contributed by atoms with Gasteiger partial charge in [0.1, 0.15) is 17.7 Å². The Balaban J connectivity index is 1.49. The number of imidazole rings is 1. The van der Waals surface area contributed by atoms with Gasteiger partial charge in [0.2, 0.25) is 5.91 Å². The second kappa shape index (κ2) is 8.29. The number of aromatic nitrogens is 6. The number of hydrogen-bond donors (Lipinski definition) is 2. The predicted molar refractivity (Wildman–Crippen MR) is 116 cm³/mol. The number of carbonyl (C=O) groups excluding carboxylic acids is 1. The molecular formula is C23H25N7O. The first-order valence-corrected chi connectivity index (χ1v) is 10.8. The predicted octanol–water partition coefficient (Wildman–Crippen LogP) is 3.31. The smallest absolute Gasteiger partial charge is 0.248 e. The van der Waals surface area contributed by atoms with Crippen LogP contribution in [0.25, 0.3) is 11.0 Å². The molecule has 1 fully saturated rings. The highest BCUT2D eigenvalue weighted by Crippen LogP contribution is 2.35. The van der Waals surface area contributed by atoms with Gasteiger partial charge in [-0.2, -0.15) is 0 Å². The van der Waals surface area contributed by atoms with Crippen molar-refractivity contribution in [3.63, 3.8) is 0 Å². The molecule has 0 spiro atoms. The van der Waals surface area contributed by atoms with Crippen molar-refractivity contribution in [3.8, 4) is 0 Å². The Hall–Kier alpha value is -3.55. The second-order valence-corrected chi connectivity index (χ2v) is 8.20. The number of para-hydroxylation sites is 2. The Kier molecular flexibility index (Phi) is 5.19. The van der Waals surface area contributed by atoms with E-state index in [1.165, 1.54) is 0 Å². The SMILES string of the molecule is O=C(N[C@H](Cc1ccccc1)c1nc2ccccc2[nH]1)C1(n2cnnn2)CCCCC1. The number of amides is 1. The Morgan fingerprint density at radius 1 is 1.06 bits per heavy atom. The van der Waals surface area contributed by atoms with Gasteiger partial charge in [0.15, 0.2) is 0 Å². The number of fused-ring (bicyclic) bond motifs is 1. The summed E-state index contributed by atoms with van der Waals surface area (Å²) in [6.45, 7) is 0. The number of benzene rings is 2. The maximum Gasteiger partial charge on any atom is 0.248 e. The molecule has 2 aromatic carbocycles. The maximum atomic E-state index is 13.7. The van der Waals surface area contributed by atoms with Crippen molar-refractivity contribution in [1.82, 2.24) is 35.5 Å². The van der Waals surface area contributed by atoms with Gasteiger partial charge in [-0.1, -0.05) is 61.7 Å². The zero-order valence-corrected chi connectivity index (χ0v) is 17.2. The number of H-pyrrole nitrogens is 1. The lowest BCUT2D eigenvalue weighted by atomic mass is 9.80. The van der Waals surface area contributed by atoms with Gasteiger partial charge in [-0.05, 0) is 47.4 Å². The van der Waals surface area contributed by atoms with Crippen LogP contribution in [0, 0.1) is 0 Å². The van der Waals surface area contributed by atoms with Gasteiger partial charge in [0, 0.05) is 0 Å². The van der Waals surface area contributed by atoms with Gasteiger partial charge in [-0.3, -0.25) is 4.79 Å². The number of nitrogens with zero attached hydrogens (tertiary/aromatic N) is 5. The van der Waals surface area contributed by atoms with Crippen LogP contribution < -0.4 is 5.32 Å². The lowest BCUT2D eigenvalue weighted by Crippen LogP contribution is -2.51. The minimum absolute atomic E-state index is 0.0547. The second-order valence-electron chi connectivity index (χ2n) is 8.20. The van der Waals surface area contributed by atoms with Gasteiger partial charge in [-0.15, -0.1) is 5.10 Å². The van der Waals surface area contributed by atoms with Gasteiger partial charge >= 0.3 is 0 Å². The molecule has 8 nitrogen and oxygen atoms in total. The minimum Gasteiger partial charge on any atom is -0.344 e. The molecule has 0 bridgehead atoms. The van der Waals surface area contributed by atoms with Crippen molar-refractivity contribution in [2.75, 3.05) is 0 Å². The van der Waals surface area contributed by atoms with Crippen LogP contribution in [-0.2, 0) is 16.8 Å². The van der Waals surface area contributed by atoms with Gasteiger partial charge in [-0.25, -0.2) is 9.67 Å². The summed E-state index contributed by atoms with van der Waals surface area (Å²) in [4.78, 5) is 21.9. The van der Waals surface area contributed by atoms with E-state index in [1.54, 1.807) is 11.0 Å². The summed E-state index contributed by atoms with van der Waals surface area (Å²) >= 11 is 0. The Labute approximate surface area is 180 Å². The lowest BCUT2D eigenvalue weighted by Gasteiger charge is -2.36. The zero-order chi connectivity index (χ0) is 21.1. The van der Waals surface area contributed by atoms with E-state index in [0.717, 1.165) is 54.5 Å². The van der Waals surface area contributed by atoms with E-state index in [-0.39, 0.29) is 11.9 Å². The molecule has 0 aliphatic heterocycles. The van der Waals surface area contributed by atoms with Crippen LogP contribution in [0.2, 0.25) is 0 Å². The van der Waals surface area contributed by atoms with Gasteiger partial charge < -0.3 is 10.3 Å². The van der Waals surface area contributed by atoms with E-state index in [1.807, 2.05) is 42.5 Å². The zero-order valence-electron chi connectivity index (χ0n) is 17.2. The van der Waals surface area contributed by atoms with E-state index in [9.17, 15) is 4.79 Å². The third-order valence-electron chi connectivity index (χ3n) is 6.22. The van der Waals surface area contributed by atoms with E-state index < -0.39 is 5.54 Å². The first kappa shape index (κ1) is 19.4. The third kappa shape index (κ3) is 3.81. The van der Waals surface area contributed by atoms with Crippen molar-refractivity contribution in [2.45, 2.75) is 50.1 Å². The summed E-state index contributed by atoms with van der Waals surface area (Å²) in [5.74, 6) is 0.696. The molecule has 2 aromatic heterocycles. The molecule has 0 unspecified atom stereocenters. The molecule has 158 valence electrons. The van der Waals surface area contributed by atoms with Crippen molar-refractivity contribution in [2.24, 2.45) is 0 Å². The Morgan fingerprint density at radius 3 is 2.58 bits per heavy atom. The fourth-order valence-electron chi connectivity index (χ4n) is 4.55. The summed E-state index contributed by atoms with van der Waals surface area (Å²) in [6, 6.07) is 17.8. The number of rotatable bonds is 6. The number of tetrazole rings is 1. The molecule has 1 atom stereocenters. The number of hydrogen-bond acceptors (Lipinski definition) is 5. The largest absolute Gasteiger partial charge is 0.344 e. The molecule has 1 aliphatic carbocycles. The first-order chi connectivity index (χ1) is 15.2. The fraction of sp³-hybridized carbons (Fsp3) is 0.348. The first-order valence-electron chi connectivity index (χ1n) is 10.8. The average molecular weight is 416 g/mol. The molecule has 0 saturated heterocycles. The van der Waals surface area contributed by atoms with Gasteiger partial charge in [0.05, 0.1) is 17.1 Å². The molecule has 2 N–H and O–H groups in total. The van der Waals surface area contributed by atoms with E-state index in [0.29, 0.717) is 6.42 Å². The van der Waals surface area contributed by atoms with Crippen LogP contribution in [0.5, 0.6) is 0 Å². The Bertz CT molecular complexity index is 1110. The summed E-state index contributed by atoms with van der Waals surface area (Å²) < 4.78 is 1.64. The van der Waals surface area contributed by atoms with E-state index in [2.05, 4.69) is 38.0 Å². The number of aromatic amines is 1.